The van der Waals surface area contributed by atoms with E-state index in [-0.39, 0.29) is 17.8 Å². The SMILES string of the molecule is CC[Si](CC)(CC)OC(CNCC1CCC(C)(C)O1)c1c(Cl)cccc1Cl. The maximum atomic E-state index is 6.81. The third-order valence-electron chi connectivity index (χ3n) is 5.90. The van der Waals surface area contributed by atoms with Crippen LogP contribution in [0, 0.1) is 0 Å². The lowest BCUT2D eigenvalue weighted by Crippen LogP contribution is -2.41. The summed E-state index contributed by atoms with van der Waals surface area (Å²) in [6.07, 6.45) is 2.32. The van der Waals surface area contributed by atoms with Crippen molar-refractivity contribution in [3.05, 3.63) is 33.8 Å². The zero-order valence-electron chi connectivity index (χ0n) is 17.4. The monoisotopic (exact) mass is 431 g/mol. The number of halogens is 2. The quantitative estimate of drug-likeness (QED) is 0.422. The summed E-state index contributed by atoms with van der Waals surface area (Å²) < 4.78 is 12.9. The fourth-order valence-corrected chi connectivity index (χ4v) is 7.37. The van der Waals surface area contributed by atoms with Crippen molar-refractivity contribution in [2.24, 2.45) is 0 Å². The predicted molar refractivity (Wildman–Crippen MR) is 119 cm³/mol. The minimum atomic E-state index is -1.80. The van der Waals surface area contributed by atoms with Gasteiger partial charge in [-0.05, 0) is 57.0 Å². The van der Waals surface area contributed by atoms with Gasteiger partial charge in [0.05, 0.1) is 17.8 Å². The summed E-state index contributed by atoms with van der Waals surface area (Å²) in [5.74, 6) is 0. The van der Waals surface area contributed by atoms with E-state index >= 15 is 0 Å². The van der Waals surface area contributed by atoms with Gasteiger partial charge in [0.1, 0.15) is 0 Å². The summed E-state index contributed by atoms with van der Waals surface area (Å²) in [5.41, 5.74) is 0.899. The first kappa shape index (κ1) is 23.2. The van der Waals surface area contributed by atoms with Gasteiger partial charge >= 0.3 is 0 Å². The van der Waals surface area contributed by atoms with Crippen molar-refractivity contribution >= 4 is 31.5 Å². The van der Waals surface area contributed by atoms with E-state index in [0.29, 0.717) is 16.6 Å². The Morgan fingerprint density at radius 1 is 1.19 bits per heavy atom. The number of nitrogens with one attached hydrogen (secondary N) is 1. The van der Waals surface area contributed by atoms with Gasteiger partial charge in [0, 0.05) is 28.7 Å². The second kappa shape index (κ2) is 10.1. The molecule has 1 aliphatic heterocycles. The molecule has 1 fully saturated rings. The standard InChI is InChI=1S/C21H35Cl2NO2Si/c1-6-27(7-2,8-3)26-19(20-17(22)10-9-11-18(20)23)15-24-14-16-12-13-21(4,5)25-16/h9-11,16,19,24H,6-8,12-15H2,1-5H3. The molecule has 1 heterocycles. The van der Waals surface area contributed by atoms with Gasteiger partial charge in [-0.2, -0.15) is 0 Å². The molecule has 0 bridgehead atoms. The molecular formula is C21H35Cl2NO2Si. The van der Waals surface area contributed by atoms with E-state index in [4.69, 9.17) is 32.4 Å². The van der Waals surface area contributed by atoms with E-state index in [9.17, 15) is 0 Å². The van der Waals surface area contributed by atoms with Gasteiger partial charge in [0.2, 0.25) is 0 Å². The van der Waals surface area contributed by atoms with Crippen molar-refractivity contribution < 1.29 is 9.16 Å². The Labute approximate surface area is 176 Å². The van der Waals surface area contributed by atoms with Crippen LogP contribution in [0.15, 0.2) is 18.2 Å². The molecule has 0 aliphatic carbocycles. The number of ether oxygens (including phenoxy) is 1. The van der Waals surface area contributed by atoms with Gasteiger partial charge in [0.25, 0.3) is 0 Å². The van der Waals surface area contributed by atoms with E-state index in [1.807, 2.05) is 18.2 Å². The molecule has 0 spiro atoms. The summed E-state index contributed by atoms with van der Waals surface area (Å²) in [7, 11) is -1.80. The van der Waals surface area contributed by atoms with Crippen LogP contribution in [0.2, 0.25) is 28.2 Å². The van der Waals surface area contributed by atoms with E-state index in [1.165, 1.54) is 0 Å². The molecular weight excluding hydrogens is 397 g/mol. The molecule has 3 nitrogen and oxygen atoms in total. The molecule has 154 valence electrons. The molecule has 1 saturated heterocycles. The minimum Gasteiger partial charge on any atom is -0.409 e. The highest BCUT2D eigenvalue weighted by atomic mass is 35.5. The largest absolute Gasteiger partial charge is 0.409 e. The summed E-state index contributed by atoms with van der Waals surface area (Å²) in [6.45, 7) is 12.6. The lowest BCUT2D eigenvalue weighted by Gasteiger charge is -2.34. The van der Waals surface area contributed by atoms with Crippen molar-refractivity contribution in [2.75, 3.05) is 13.1 Å². The molecule has 1 aliphatic rings. The van der Waals surface area contributed by atoms with Crippen LogP contribution in [-0.2, 0) is 9.16 Å². The van der Waals surface area contributed by atoms with Crippen LogP contribution in [0.25, 0.3) is 0 Å². The summed E-state index contributed by atoms with van der Waals surface area (Å²) in [4.78, 5) is 0. The Hall–Kier alpha value is -0.103. The average Bonchev–Trinajstić information content (AvgIpc) is 2.98. The van der Waals surface area contributed by atoms with Crippen LogP contribution in [0.3, 0.4) is 0 Å². The van der Waals surface area contributed by atoms with Gasteiger partial charge in [-0.1, -0.05) is 50.0 Å². The Bertz CT molecular complexity index is 579. The Kier molecular flexibility index (Phi) is 8.66. The fraction of sp³-hybridized carbons (Fsp3) is 0.714. The maximum Gasteiger partial charge on any atom is 0.192 e. The highest BCUT2D eigenvalue weighted by Gasteiger charge is 2.35. The van der Waals surface area contributed by atoms with Crippen molar-refractivity contribution in [3.63, 3.8) is 0 Å². The van der Waals surface area contributed by atoms with Crippen molar-refractivity contribution in [1.82, 2.24) is 5.32 Å². The zero-order valence-corrected chi connectivity index (χ0v) is 19.9. The fourth-order valence-electron chi connectivity index (χ4n) is 3.92. The highest BCUT2D eigenvalue weighted by Crippen LogP contribution is 2.36. The summed E-state index contributed by atoms with van der Waals surface area (Å²) in [5, 5.41) is 4.93. The maximum absolute atomic E-state index is 6.81. The highest BCUT2D eigenvalue weighted by molar-refractivity contribution is 6.73. The summed E-state index contributed by atoms with van der Waals surface area (Å²) >= 11 is 13.0. The molecule has 1 N–H and O–H groups in total. The van der Waals surface area contributed by atoms with Crippen molar-refractivity contribution in [2.45, 2.75) is 83.4 Å². The topological polar surface area (TPSA) is 30.5 Å². The number of hydrogen-bond donors (Lipinski definition) is 1. The molecule has 2 unspecified atom stereocenters. The molecule has 0 radical (unpaired) electrons. The first-order valence-electron chi connectivity index (χ1n) is 10.3. The van der Waals surface area contributed by atoms with Gasteiger partial charge in [0.15, 0.2) is 8.32 Å². The van der Waals surface area contributed by atoms with Gasteiger partial charge < -0.3 is 14.5 Å². The molecule has 2 rings (SSSR count). The van der Waals surface area contributed by atoms with Crippen molar-refractivity contribution in [3.8, 4) is 0 Å². The van der Waals surface area contributed by atoms with Gasteiger partial charge in [-0.15, -0.1) is 0 Å². The van der Waals surface area contributed by atoms with E-state index in [2.05, 4.69) is 39.9 Å². The zero-order chi connectivity index (χ0) is 20.1. The van der Waals surface area contributed by atoms with Gasteiger partial charge in [-0.3, -0.25) is 0 Å². The molecule has 0 saturated carbocycles. The second-order valence-corrected chi connectivity index (χ2v) is 13.7. The van der Waals surface area contributed by atoms with E-state index < -0.39 is 8.32 Å². The first-order chi connectivity index (χ1) is 12.8. The van der Waals surface area contributed by atoms with E-state index in [1.54, 1.807) is 0 Å². The van der Waals surface area contributed by atoms with Crippen LogP contribution in [0.1, 0.15) is 59.1 Å². The molecule has 6 heteroatoms. The lowest BCUT2D eigenvalue weighted by molar-refractivity contribution is -0.0149. The molecule has 1 aromatic rings. The average molecular weight is 433 g/mol. The number of rotatable bonds is 10. The van der Waals surface area contributed by atoms with Crippen molar-refractivity contribution in [1.29, 1.82) is 0 Å². The summed E-state index contributed by atoms with van der Waals surface area (Å²) in [6, 6.07) is 8.97. The smallest absolute Gasteiger partial charge is 0.192 e. The Morgan fingerprint density at radius 3 is 2.26 bits per heavy atom. The normalized spacial score (nSPS) is 20.8. The van der Waals surface area contributed by atoms with E-state index in [0.717, 1.165) is 43.1 Å². The molecule has 1 aromatic carbocycles. The van der Waals surface area contributed by atoms with Crippen LogP contribution >= 0.6 is 23.2 Å². The van der Waals surface area contributed by atoms with Gasteiger partial charge in [-0.25, -0.2) is 0 Å². The second-order valence-electron chi connectivity index (χ2n) is 8.18. The Balaban J connectivity index is 2.12. The number of benzene rings is 1. The van der Waals surface area contributed by atoms with Crippen LogP contribution in [0.5, 0.6) is 0 Å². The third kappa shape index (κ3) is 6.19. The van der Waals surface area contributed by atoms with Crippen LogP contribution in [0.4, 0.5) is 0 Å². The van der Waals surface area contributed by atoms with Crippen LogP contribution in [-0.4, -0.2) is 33.1 Å². The lowest BCUT2D eigenvalue weighted by atomic mass is 10.1. The first-order valence-corrected chi connectivity index (χ1v) is 13.5. The van der Waals surface area contributed by atoms with Crippen LogP contribution < -0.4 is 5.32 Å². The molecule has 2 atom stereocenters. The number of hydrogen-bond acceptors (Lipinski definition) is 3. The Morgan fingerprint density at radius 2 is 1.78 bits per heavy atom. The molecule has 27 heavy (non-hydrogen) atoms. The molecule has 0 aromatic heterocycles. The third-order valence-corrected chi connectivity index (χ3v) is 11.2. The molecule has 0 amide bonds. The predicted octanol–water partition coefficient (Wildman–Crippen LogP) is 6.60. The minimum absolute atomic E-state index is 0.0109.